The number of phosphoric ester groups is 1. The standard InChI is InChI=1S/C23H29N10O8PS/c1-43-20-13-19(30-23(25)31-20)33(8-29-13)21-14(34)9-3-2-4-10-16(41-42(36,37)38-5-11(9)40-21)15(35)22(39-10)32-7-28-12-17(24)26-6-27-18(12)32/h6-11,14-16,21-22,34-35H,2-5H2,1H3,(H,36,37)(H2,24,26,27)(H2,25,30,31). The van der Waals surface area contributed by atoms with Crippen LogP contribution >= 0.6 is 19.6 Å². The molecule has 43 heavy (non-hydrogen) atoms. The van der Waals surface area contributed by atoms with Crippen molar-refractivity contribution in [2.24, 2.45) is 5.92 Å². The summed E-state index contributed by atoms with van der Waals surface area (Å²) in [5, 5.41) is 23.2. The molecule has 0 spiro atoms. The zero-order chi connectivity index (χ0) is 30.0. The molecule has 7 heterocycles. The molecule has 7 N–H and O–H groups in total. The smallest absolute Gasteiger partial charge is 0.388 e. The van der Waals surface area contributed by atoms with E-state index in [4.69, 9.17) is 30.0 Å². The average Bonchev–Trinajstić information content (AvgIpc) is 3.73. The maximum atomic E-state index is 13.1. The molecule has 0 amide bonds. The highest BCUT2D eigenvalue weighted by atomic mass is 32.2. The number of hydrogen-bond donors (Lipinski definition) is 5. The second kappa shape index (κ2) is 10.9. The Morgan fingerprint density at radius 2 is 1.67 bits per heavy atom. The first-order valence-corrected chi connectivity index (χ1v) is 16.2. The third-order valence-corrected chi connectivity index (χ3v) is 9.71. The Balaban J connectivity index is 1.14. The van der Waals surface area contributed by atoms with E-state index in [1.54, 1.807) is 4.57 Å². The van der Waals surface area contributed by atoms with Crippen molar-refractivity contribution in [2.45, 2.75) is 67.3 Å². The van der Waals surface area contributed by atoms with Gasteiger partial charge in [-0.2, -0.15) is 4.98 Å². The number of aromatic nitrogens is 8. The molecule has 0 saturated carbocycles. The maximum Gasteiger partial charge on any atom is 0.472 e. The SMILES string of the molecule is CSc1nc(N)nc2c1ncn2C1OC2COP(=O)(O)OC3C(CCCC2C1O)OC(n1cnc2c(N)ncnc21)C3O. The summed E-state index contributed by atoms with van der Waals surface area (Å²) in [7, 11) is -4.73. The Hall–Kier alpha value is -3.00. The van der Waals surface area contributed by atoms with E-state index in [0.717, 1.165) is 0 Å². The lowest BCUT2D eigenvalue weighted by Crippen LogP contribution is -2.34. The van der Waals surface area contributed by atoms with Crippen molar-refractivity contribution in [2.75, 3.05) is 24.3 Å². The van der Waals surface area contributed by atoms with Gasteiger partial charge in [-0.3, -0.25) is 18.2 Å². The minimum absolute atomic E-state index is 0.0502. The van der Waals surface area contributed by atoms with Crippen LogP contribution in [0.15, 0.2) is 24.0 Å². The van der Waals surface area contributed by atoms with Gasteiger partial charge in [0.05, 0.1) is 31.5 Å². The fourth-order valence-electron chi connectivity index (χ4n) is 6.05. The summed E-state index contributed by atoms with van der Waals surface area (Å²) in [6.45, 7) is -0.355. The molecular formula is C23H29N10O8PS. The summed E-state index contributed by atoms with van der Waals surface area (Å²) in [6.07, 6.45) is 0.149. The van der Waals surface area contributed by atoms with Gasteiger partial charge in [-0.1, -0.05) is 6.42 Å². The number of aliphatic hydroxyl groups is 2. The number of anilines is 2. The van der Waals surface area contributed by atoms with Crippen molar-refractivity contribution in [3.8, 4) is 0 Å². The van der Waals surface area contributed by atoms with Gasteiger partial charge in [-0.25, -0.2) is 29.5 Å². The fraction of sp³-hybridized carbons (Fsp3) is 0.565. The molecule has 3 aliphatic heterocycles. The van der Waals surface area contributed by atoms with Gasteiger partial charge >= 0.3 is 7.82 Å². The quantitative estimate of drug-likeness (QED) is 0.116. The van der Waals surface area contributed by atoms with E-state index in [-0.39, 0.29) is 18.4 Å². The molecule has 18 nitrogen and oxygen atoms in total. The summed E-state index contributed by atoms with van der Waals surface area (Å²) >= 11 is 1.36. The number of imidazole rings is 2. The number of rotatable bonds is 3. The lowest BCUT2D eigenvalue weighted by atomic mass is 9.91. The van der Waals surface area contributed by atoms with Gasteiger partial charge in [0.25, 0.3) is 0 Å². The monoisotopic (exact) mass is 636 g/mol. The topological polar surface area (TPSA) is 254 Å². The predicted octanol–water partition coefficient (Wildman–Crippen LogP) is 0.371. The molecule has 3 saturated heterocycles. The lowest BCUT2D eigenvalue weighted by Gasteiger charge is -2.23. The van der Waals surface area contributed by atoms with Crippen LogP contribution in [0, 0.1) is 5.92 Å². The van der Waals surface area contributed by atoms with Crippen LogP contribution in [0.25, 0.3) is 22.3 Å². The number of aliphatic hydroxyl groups excluding tert-OH is 2. The molecule has 0 radical (unpaired) electrons. The molecular weight excluding hydrogens is 607 g/mol. The molecule has 20 heteroatoms. The minimum atomic E-state index is -4.73. The fourth-order valence-corrected chi connectivity index (χ4v) is 7.54. The Morgan fingerprint density at radius 1 is 0.953 bits per heavy atom. The molecule has 0 aliphatic carbocycles. The Labute approximate surface area is 247 Å². The number of nitrogens with two attached hydrogens (primary N) is 2. The molecule has 9 atom stereocenters. The summed E-state index contributed by atoms with van der Waals surface area (Å²) in [6, 6.07) is 0. The minimum Gasteiger partial charge on any atom is -0.388 e. The molecule has 7 rings (SSSR count). The third-order valence-electron chi connectivity index (χ3n) is 8.05. The predicted molar refractivity (Wildman–Crippen MR) is 149 cm³/mol. The van der Waals surface area contributed by atoms with Crippen LogP contribution in [-0.4, -0.2) is 97.5 Å². The number of nitrogens with zero attached hydrogens (tertiary/aromatic N) is 8. The molecule has 0 aromatic carbocycles. The molecule has 230 valence electrons. The molecule has 9 unspecified atom stereocenters. The number of ether oxygens (including phenoxy) is 2. The van der Waals surface area contributed by atoms with Crippen LogP contribution in [0.4, 0.5) is 11.8 Å². The zero-order valence-corrected chi connectivity index (χ0v) is 24.4. The van der Waals surface area contributed by atoms with E-state index >= 15 is 0 Å². The van der Waals surface area contributed by atoms with Crippen LogP contribution in [-0.2, 0) is 23.1 Å². The van der Waals surface area contributed by atoms with Crippen molar-refractivity contribution >= 4 is 53.7 Å². The molecule has 4 aromatic heterocycles. The highest BCUT2D eigenvalue weighted by Gasteiger charge is 2.51. The van der Waals surface area contributed by atoms with Crippen molar-refractivity contribution < 1.29 is 38.2 Å². The Kier molecular flexibility index (Phi) is 7.26. The van der Waals surface area contributed by atoms with Gasteiger partial charge < -0.3 is 36.0 Å². The van der Waals surface area contributed by atoms with E-state index in [1.165, 1.54) is 35.3 Å². The molecule has 0 bridgehead atoms. The zero-order valence-electron chi connectivity index (χ0n) is 22.7. The maximum absolute atomic E-state index is 13.1. The average molecular weight is 637 g/mol. The van der Waals surface area contributed by atoms with Crippen LogP contribution in [0.5, 0.6) is 0 Å². The second-order valence-electron chi connectivity index (χ2n) is 10.5. The van der Waals surface area contributed by atoms with Crippen molar-refractivity contribution in [1.29, 1.82) is 0 Å². The Morgan fingerprint density at radius 3 is 2.47 bits per heavy atom. The molecule has 3 aliphatic rings. The first kappa shape index (κ1) is 28.8. The van der Waals surface area contributed by atoms with Gasteiger partial charge in [0, 0.05) is 5.92 Å². The van der Waals surface area contributed by atoms with E-state index in [0.29, 0.717) is 46.6 Å². The molecule has 3 fully saturated rings. The van der Waals surface area contributed by atoms with E-state index < -0.39 is 56.7 Å². The van der Waals surface area contributed by atoms with Crippen molar-refractivity contribution in [3.05, 3.63) is 19.0 Å². The summed E-state index contributed by atoms with van der Waals surface area (Å²) in [5.41, 5.74) is 13.3. The van der Waals surface area contributed by atoms with Crippen LogP contribution < -0.4 is 11.5 Å². The highest BCUT2D eigenvalue weighted by molar-refractivity contribution is 7.98. The first-order chi connectivity index (χ1) is 20.6. The number of phosphoric acid groups is 1. The number of hydrogen-bond acceptors (Lipinski definition) is 16. The summed E-state index contributed by atoms with van der Waals surface area (Å²) in [4.78, 5) is 35.9. The number of nitrogen functional groups attached to an aromatic ring is 2. The third kappa shape index (κ3) is 4.94. The van der Waals surface area contributed by atoms with E-state index in [9.17, 15) is 19.7 Å². The van der Waals surface area contributed by atoms with Gasteiger partial charge in [-0.15, -0.1) is 11.8 Å². The summed E-state index contributed by atoms with van der Waals surface area (Å²) in [5.74, 6) is -0.280. The van der Waals surface area contributed by atoms with Crippen LogP contribution in [0.3, 0.4) is 0 Å². The Bertz CT molecular complexity index is 1720. The normalized spacial score (nSPS) is 35.2. The summed E-state index contributed by atoms with van der Waals surface area (Å²) < 4.78 is 39.4. The van der Waals surface area contributed by atoms with Crippen molar-refractivity contribution in [1.82, 2.24) is 39.0 Å². The van der Waals surface area contributed by atoms with E-state index in [1.807, 2.05) is 6.26 Å². The van der Waals surface area contributed by atoms with Gasteiger partial charge in [0.2, 0.25) is 5.95 Å². The van der Waals surface area contributed by atoms with Crippen LogP contribution in [0.2, 0.25) is 0 Å². The first-order valence-electron chi connectivity index (χ1n) is 13.4. The number of fused-ring (bicyclic) bond motifs is 4. The largest absolute Gasteiger partial charge is 0.472 e. The van der Waals surface area contributed by atoms with Crippen LogP contribution in [0.1, 0.15) is 31.7 Å². The van der Waals surface area contributed by atoms with Gasteiger partial charge in [-0.05, 0) is 19.1 Å². The van der Waals surface area contributed by atoms with E-state index in [2.05, 4.69) is 29.9 Å². The highest BCUT2D eigenvalue weighted by Crippen LogP contribution is 2.51. The van der Waals surface area contributed by atoms with Crippen molar-refractivity contribution in [3.63, 3.8) is 0 Å². The van der Waals surface area contributed by atoms with Gasteiger partial charge in [0.15, 0.2) is 29.6 Å². The second-order valence-corrected chi connectivity index (χ2v) is 12.7. The molecule has 4 aromatic rings. The van der Waals surface area contributed by atoms with Gasteiger partial charge in [0.1, 0.15) is 40.7 Å². The lowest BCUT2D eigenvalue weighted by molar-refractivity contribution is -0.0529. The number of thioether (sulfide) groups is 1.